The summed E-state index contributed by atoms with van der Waals surface area (Å²) >= 11 is 0. The van der Waals surface area contributed by atoms with Crippen molar-refractivity contribution in [2.75, 3.05) is 6.54 Å². The Kier molecular flexibility index (Phi) is 5.17. The average Bonchev–Trinajstić information content (AvgIpc) is 2.24. The molecule has 1 aliphatic rings. The number of hydrogen-bond donors (Lipinski definition) is 1. The van der Waals surface area contributed by atoms with Gasteiger partial charge in [0.25, 0.3) is 0 Å². The van der Waals surface area contributed by atoms with E-state index in [1.807, 2.05) is 20.8 Å². The van der Waals surface area contributed by atoms with Gasteiger partial charge >= 0.3 is 5.97 Å². The standard InChI is InChI=1S/C14H25NO3/c1-10-5-7-11(8-6-10)13(17)15-9-12(16)18-14(2,3)4/h10-11H,5-9H2,1-4H3,(H,15,17). The Morgan fingerprint density at radius 2 is 1.72 bits per heavy atom. The third kappa shape index (κ3) is 5.52. The number of ether oxygens (including phenoxy) is 1. The largest absolute Gasteiger partial charge is 0.459 e. The fourth-order valence-electron chi connectivity index (χ4n) is 2.20. The molecule has 0 spiro atoms. The molecular weight excluding hydrogens is 230 g/mol. The predicted octanol–water partition coefficient (Wildman–Crippen LogP) is 2.27. The number of hydrogen-bond acceptors (Lipinski definition) is 3. The fraction of sp³-hybridized carbons (Fsp3) is 0.857. The van der Waals surface area contributed by atoms with Crippen LogP contribution in [-0.4, -0.2) is 24.0 Å². The summed E-state index contributed by atoms with van der Waals surface area (Å²) in [7, 11) is 0. The van der Waals surface area contributed by atoms with Crippen LogP contribution in [0.15, 0.2) is 0 Å². The lowest BCUT2D eigenvalue weighted by atomic mass is 9.82. The molecule has 1 saturated carbocycles. The summed E-state index contributed by atoms with van der Waals surface area (Å²) in [4.78, 5) is 23.3. The maximum Gasteiger partial charge on any atom is 0.325 e. The van der Waals surface area contributed by atoms with E-state index in [0.29, 0.717) is 0 Å². The molecule has 0 unspecified atom stereocenters. The van der Waals surface area contributed by atoms with Gasteiger partial charge in [-0.1, -0.05) is 6.92 Å². The van der Waals surface area contributed by atoms with E-state index >= 15 is 0 Å². The molecule has 104 valence electrons. The highest BCUT2D eigenvalue weighted by molar-refractivity contribution is 5.83. The summed E-state index contributed by atoms with van der Waals surface area (Å²) in [6.07, 6.45) is 4.07. The van der Waals surface area contributed by atoms with Crippen LogP contribution < -0.4 is 5.32 Å². The molecule has 0 radical (unpaired) electrons. The third-order valence-corrected chi connectivity index (χ3v) is 3.21. The van der Waals surface area contributed by atoms with Crippen molar-refractivity contribution in [3.8, 4) is 0 Å². The number of carbonyl (C=O) groups is 2. The molecule has 0 aromatic heterocycles. The lowest BCUT2D eigenvalue weighted by molar-refractivity contribution is -0.154. The van der Waals surface area contributed by atoms with Gasteiger partial charge in [0, 0.05) is 5.92 Å². The van der Waals surface area contributed by atoms with Crippen molar-refractivity contribution in [2.24, 2.45) is 11.8 Å². The van der Waals surface area contributed by atoms with Gasteiger partial charge in [-0.15, -0.1) is 0 Å². The molecule has 1 aliphatic carbocycles. The molecule has 4 heteroatoms. The zero-order valence-electron chi connectivity index (χ0n) is 11.9. The van der Waals surface area contributed by atoms with E-state index in [9.17, 15) is 9.59 Å². The van der Waals surface area contributed by atoms with Crippen LogP contribution in [0.3, 0.4) is 0 Å². The second-order valence-corrected chi connectivity index (χ2v) is 6.26. The van der Waals surface area contributed by atoms with Crippen LogP contribution in [0, 0.1) is 11.8 Å². The molecule has 0 aromatic rings. The third-order valence-electron chi connectivity index (χ3n) is 3.21. The highest BCUT2D eigenvalue weighted by Crippen LogP contribution is 2.28. The molecule has 0 aromatic carbocycles. The average molecular weight is 255 g/mol. The summed E-state index contributed by atoms with van der Waals surface area (Å²) in [6, 6.07) is 0. The highest BCUT2D eigenvalue weighted by Gasteiger charge is 2.25. The van der Waals surface area contributed by atoms with Crippen molar-refractivity contribution in [3.05, 3.63) is 0 Å². The summed E-state index contributed by atoms with van der Waals surface area (Å²) in [5.74, 6) is 0.413. The smallest absolute Gasteiger partial charge is 0.325 e. The summed E-state index contributed by atoms with van der Waals surface area (Å²) in [5.41, 5.74) is -0.498. The number of amides is 1. The lowest BCUT2D eigenvalue weighted by Crippen LogP contribution is -2.38. The van der Waals surface area contributed by atoms with Crippen LogP contribution in [0.5, 0.6) is 0 Å². The zero-order chi connectivity index (χ0) is 13.8. The topological polar surface area (TPSA) is 55.4 Å². The van der Waals surface area contributed by atoms with Crippen LogP contribution in [0.1, 0.15) is 53.4 Å². The Labute approximate surface area is 109 Å². The molecule has 0 heterocycles. The Bertz CT molecular complexity index is 299. The minimum atomic E-state index is -0.498. The van der Waals surface area contributed by atoms with Gasteiger partial charge in [0.15, 0.2) is 0 Å². The van der Waals surface area contributed by atoms with Crippen molar-refractivity contribution in [1.82, 2.24) is 5.32 Å². The Balaban J connectivity index is 2.27. The Morgan fingerprint density at radius 3 is 2.22 bits per heavy atom. The number of carbonyl (C=O) groups excluding carboxylic acids is 2. The first-order valence-electron chi connectivity index (χ1n) is 6.77. The van der Waals surface area contributed by atoms with Gasteiger partial charge in [-0.05, 0) is 52.4 Å². The first-order chi connectivity index (χ1) is 8.28. The summed E-state index contributed by atoms with van der Waals surface area (Å²) < 4.78 is 5.14. The number of nitrogens with one attached hydrogen (secondary N) is 1. The van der Waals surface area contributed by atoms with E-state index in [1.54, 1.807) is 0 Å². The van der Waals surface area contributed by atoms with E-state index in [4.69, 9.17) is 4.74 Å². The van der Waals surface area contributed by atoms with Crippen molar-refractivity contribution in [3.63, 3.8) is 0 Å². The van der Waals surface area contributed by atoms with E-state index in [1.165, 1.54) is 0 Å². The van der Waals surface area contributed by atoms with Crippen molar-refractivity contribution >= 4 is 11.9 Å². The molecule has 0 bridgehead atoms. The lowest BCUT2D eigenvalue weighted by Gasteiger charge is -2.25. The quantitative estimate of drug-likeness (QED) is 0.787. The summed E-state index contributed by atoms with van der Waals surface area (Å²) in [6.45, 7) is 7.64. The molecule has 1 fully saturated rings. The second-order valence-electron chi connectivity index (χ2n) is 6.26. The van der Waals surface area contributed by atoms with Gasteiger partial charge in [0.1, 0.15) is 12.1 Å². The van der Waals surface area contributed by atoms with Gasteiger partial charge < -0.3 is 10.1 Å². The number of rotatable bonds is 3. The van der Waals surface area contributed by atoms with Gasteiger partial charge in [0.05, 0.1) is 0 Å². The zero-order valence-corrected chi connectivity index (χ0v) is 11.9. The highest BCUT2D eigenvalue weighted by atomic mass is 16.6. The van der Waals surface area contributed by atoms with Crippen LogP contribution in [0.4, 0.5) is 0 Å². The molecule has 1 rings (SSSR count). The predicted molar refractivity (Wildman–Crippen MR) is 70.0 cm³/mol. The van der Waals surface area contributed by atoms with E-state index in [0.717, 1.165) is 31.6 Å². The van der Waals surface area contributed by atoms with Gasteiger partial charge in [0.2, 0.25) is 5.91 Å². The second kappa shape index (κ2) is 6.21. The molecule has 1 amide bonds. The minimum absolute atomic E-state index is 0.00670. The van der Waals surface area contributed by atoms with Crippen molar-refractivity contribution in [2.45, 2.75) is 59.0 Å². The van der Waals surface area contributed by atoms with Crippen molar-refractivity contribution < 1.29 is 14.3 Å². The molecule has 0 saturated heterocycles. The van der Waals surface area contributed by atoms with Crippen LogP contribution in [0.2, 0.25) is 0 Å². The minimum Gasteiger partial charge on any atom is -0.459 e. The Hall–Kier alpha value is -1.06. The van der Waals surface area contributed by atoms with Crippen molar-refractivity contribution in [1.29, 1.82) is 0 Å². The van der Waals surface area contributed by atoms with Gasteiger partial charge in [-0.2, -0.15) is 0 Å². The fourth-order valence-corrected chi connectivity index (χ4v) is 2.20. The summed E-state index contributed by atoms with van der Waals surface area (Å²) in [5, 5.41) is 2.68. The van der Waals surface area contributed by atoms with Gasteiger partial charge in [-0.3, -0.25) is 9.59 Å². The SMILES string of the molecule is CC1CCC(C(=O)NCC(=O)OC(C)(C)C)CC1. The molecule has 4 nitrogen and oxygen atoms in total. The molecular formula is C14H25NO3. The first kappa shape index (κ1) is 15.0. The molecule has 0 aliphatic heterocycles. The van der Waals surface area contributed by atoms with Crippen LogP contribution in [0.25, 0.3) is 0 Å². The molecule has 18 heavy (non-hydrogen) atoms. The maximum absolute atomic E-state index is 11.9. The molecule has 1 N–H and O–H groups in total. The van der Waals surface area contributed by atoms with E-state index in [2.05, 4.69) is 12.2 Å². The first-order valence-corrected chi connectivity index (χ1v) is 6.77. The van der Waals surface area contributed by atoms with Crippen LogP contribution in [-0.2, 0) is 14.3 Å². The van der Waals surface area contributed by atoms with Crippen LogP contribution >= 0.6 is 0 Å². The van der Waals surface area contributed by atoms with E-state index < -0.39 is 5.60 Å². The van der Waals surface area contributed by atoms with E-state index in [-0.39, 0.29) is 24.3 Å². The van der Waals surface area contributed by atoms with Gasteiger partial charge in [-0.25, -0.2) is 0 Å². The number of esters is 1. The monoisotopic (exact) mass is 255 g/mol. The normalized spacial score (nSPS) is 24.4. The molecule has 0 atom stereocenters. The maximum atomic E-state index is 11.9. The Morgan fingerprint density at radius 1 is 1.17 bits per heavy atom.